The van der Waals surface area contributed by atoms with Crippen molar-refractivity contribution in [3.63, 3.8) is 0 Å². The third kappa shape index (κ3) is 2.97. The van der Waals surface area contributed by atoms with Crippen molar-refractivity contribution in [2.24, 2.45) is 0 Å². The van der Waals surface area contributed by atoms with E-state index in [1.165, 1.54) is 31.0 Å². The molecule has 0 saturated heterocycles. The molecule has 0 unspecified atom stereocenters. The average molecular weight is 235 g/mol. The lowest BCUT2D eigenvalue weighted by Gasteiger charge is -2.11. The van der Waals surface area contributed by atoms with Crippen LogP contribution in [0.15, 0.2) is 18.2 Å². The minimum absolute atomic E-state index is 0.0628. The van der Waals surface area contributed by atoms with Crippen molar-refractivity contribution in [1.82, 2.24) is 5.32 Å². The molecular formula is C13H17NO3. The first-order valence-corrected chi connectivity index (χ1v) is 5.95. The molecule has 1 saturated carbocycles. The van der Waals surface area contributed by atoms with Gasteiger partial charge in [0.15, 0.2) is 17.3 Å². The van der Waals surface area contributed by atoms with Gasteiger partial charge in [0, 0.05) is 11.6 Å². The smallest absolute Gasteiger partial charge is 0.176 e. The van der Waals surface area contributed by atoms with E-state index in [1.807, 2.05) is 0 Å². The maximum atomic E-state index is 11.8. The van der Waals surface area contributed by atoms with Crippen LogP contribution in [0.3, 0.4) is 0 Å². The normalized spacial score (nSPS) is 16.2. The van der Waals surface area contributed by atoms with E-state index in [2.05, 4.69) is 5.32 Å². The van der Waals surface area contributed by atoms with E-state index in [1.54, 1.807) is 0 Å². The standard InChI is InChI=1S/C13H17NO3/c15-11-6-5-9(7-12(11)16)13(17)8-14-10-3-1-2-4-10/h5-7,10,14-16H,1-4,8H2. The van der Waals surface area contributed by atoms with Crippen LogP contribution >= 0.6 is 0 Å². The molecule has 1 aliphatic rings. The SMILES string of the molecule is O=C(CNC1CCCC1)c1ccc(O)c(O)c1. The number of ketones is 1. The molecule has 0 amide bonds. The first-order valence-electron chi connectivity index (χ1n) is 5.95. The Morgan fingerprint density at radius 2 is 1.94 bits per heavy atom. The number of hydrogen-bond acceptors (Lipinski definition) is 4. The van der Waals surface area contributed by atoms with E-state index >= 15 is 0 Å². The number of benzene rings is 1. The molecule has 1 aromatic rings. The molecule has 0 heterocycles. The molecule has 0 atom stereocenters. The molecule has 0 radical (unpaired) electrons. The molecule has 4 heteroatoms. The zero-order valence-electron chi connectivity index (χ0n) is 9.65. The summed E-state index contributed by atoms with van der Waals surface area (Å²) in [4.78, 5) is 11.8. The van der Waals surface area contributed by atoms with E-state index in [9.17, 15) is 9.90 Å². The van der Waals surface area contributed by atoms with Crippen LogP contribution in [-0.4, -0.2) is 28.6 Å². The van der Waals surface area contributed by atoms with Crippen molar-refractivity contribution < 1.29 is 15.0 Å². The highest BCUT2D eigenvalue weighted by atomic mass is 16.3. The molecular weight excluding hydrogens is 218 g/mol. The van der Waals surface area contributed by atoms with E-state index in [-0.39, 0.29) is 23.8 Å². The fourth-order valence-corrected chi connectivity index (χ4v) is 2.17. The fourth-order valence-electron chi connectivity index (χ4n) is 2.17. The third-order valence-corrected chi connectivity index (χ3v) is 3.20. The largest absolute Gasteiger partial charge is 0.504 e. The van der Waals surface area contributed by atoms with Crippen LogP contribution < -0.4 is 5.32 Å². The second-order valence-corrected chi connectivity index (χ2v) is 4.49. The van der Waals surface area contributed by atoms with Gasteiger partial charge in [-0.25, -0.2) is 0 Å². The van der Waals surface area contributed by atoms with Gasteiger partial charge in [-0.3, -0.25) is 4.79 Å². The van der Waals surface area contributed by atoms with Crippen LogP contribution in [0.1, 0.15) is 36.0 Å². The van der Waals surface area contributed by atoms with Crippen LogP contribution in [0.2, 0.25) is 0 Å². The maximum absolute atomic E-state index is 11.8. The number of carbonyl (C=O) groups is 1. The van der Waals surface area contributed by atoms with Crippen molar-refractivity contribution >= 4 is 5.78 Å². The van der Waals surface area contributed by atoms with Gasteiger partial charge in [-0.15, -0.1) is 0 Å². The fraction of sp³-hybridized carbons (Fsp3) is 0.462. The molecule has 4 nitrogen and oxygen atoms in total. The zero-order chi connectivity index (χ0) is 12.3. The number of carbonyl (C=O) groups excluding carboxylic acids is 1. The number of nitrogens with one attached hydrogen (secondary N) is 1. The highest BCUT2D eigenvalue weighted by molar-refractivity contribution is 5.98. The van der Waals surface area contributed by atoms with Crippen molar-refractivity contribution in [3.8, 4) is 11.5 Å². The molecule has 0 bridgehead atoms. The van der Waals surface area contributed by atoms with Crippen LogP contribution in [0, 0.1) is 0 Å². The highest BCUT2D eigenvalue weighted by Crippen LogP contribution is 2.25. The van der Waals surface area contributed by atoms with Gasteiger partial charge >= 0.3 is 0 Å². The Hall–Kier alpha value is -1.55. The quantitative estimate of drug-likeness (QED) is 0.550. The Labute approximate surface area is 100 Å². The minimum Gasteiger partial charge on any atom is -0.504 e. The number of hydrogen-bond donors (Lipinski definition) is 3. The first-order chi connectivity index (χ1) is 8.16. The summed E-state index contributed by atoms with van der Waals surface area (Å²) in [6, 6.07) is 4.60. The summed E-state index contributed by atoms with van der Waals surface area (Å²) in [5, 5.41) is 21.7. The van der Waals surface area contributed by atoms with E-state index < -0.39 is 0 Å². The Morgan fingerprint density at radius 1 is 1.24 bits per heavy atom. The molecule has 17 heavy (non-hydrogen) atoms. The molecule has 0 aliphatic heterocycles. The summed E-state index contributed by atoms with van der Waals surface area (Å²) in [7, 11) is 0. The Morgan fingerprint density at radius 3 is 2.59 bits per heavy atom. The summed E-state index contributed by atoms with van der Waals surface area (Å²) in [6.07, 6.45) is 4.72. The predicted molar refractivity (Wildman–Crippen MR) is 64.4 cm³/mol. The minimum atomic E-state index is -0.253. The molecule has 2 rings (SSSR count). The number of Topliss-reactive ketones (excluding diaryl/α,β-unsaturated/α-hetero) is 1. The number of aromatic hydroxyl groups is 2. The zero-order valence-corrected chi connectivity index (χ0v) is 9.65. The molecule has 3 N–H and O–H groups in total. The van der Waals surface area contributed by atoms with E-state index in [0.29, 0.717) is 11.6 Å². The molecule has 0 aromatic heterocycles. The van der Waals surface area contributed by atoms with Gasteiger partial charge in [0.1, 0.15) is 0 Å². The Kier molecular flexibility index (Phi) is 3.64. The van der Waals surface area contributed by atoms with Gasteiger partial charge in [0.25, 0.3) is 0 Å². The van der Waals surface area contributed by atoms with Gasteiger partial charge in [-0.2, -0.15) is 0 Å². The topological polar surface area (TPSA) is 69.6 Å². The molecule has 92 valence electrons. The molecule has 1 fully saturated rings. The lowest BCUT2D eigenvalue weighted by atomic mass is 10.1. The second kappa shape index (κ2) is 5.19. The van der Waals surface area contributed by atoms with Crippen LogP contribution in [0.25, 0.3) is 0 Å². The predicted octanol–water partition coefficient (Wildman–Crippen LogP) is 1.81. The van der Waals surface area contributed by atoms with Gasteiger partial charge in [-0.05, 0) is 31.0 Å². The van der Waals surface area contributed by atoms with Gasteiger partial charge in [0.2, 0.25) is 0 Å². The van der Waals surface area contributed by atoms with Gasteiger partial charge in [-0.1, -0.05) is 12.8 Å². The van der Waals surface area contributed by atoms with Crippen LogP contribution in [0.5, 0.6) is 11.5 Å². The number of rotatable bonds is 4. The van der Waals surface area contributed by atoms with E-state index in [0.717, 1.165) is 12.8 Å². The van der Waals surface area contributed by atoms with Gasteiger partial charge < -0.3 is 15.5 Å². The van der Waals surface area contributed by atoms with Crippen molar-refractivity contribution in [3.05, 3.63) is 23.8 Å². The lowest BCUT2D eigenvalue weighted by molar-refractivity contribution is 0.0987. The van der Waals surface area contributed by atoms with Crippen molar-refractivity contribution in [2.75, 3.05) is 6.54 Å². The van der Waals surface area contributed by atoms with Gasteiger partial charge in [0.05, 0.1) is 6.54 Å². The van der Waals surface area contributed by atoms with Crippen molar-refractivity contribution in [1.29, 1.82) is 0 Å². The summed E-state index contributed by atoms with van der Waals surface area (Å²) in [5.74, 6) is -0.519. The number of phenolic OH excluding ortho intramolecular Hbond substituents is 2. The summed E-state index contributed by atoms with van der Waals surface area (Å²) in [6.45, 7) is 0.287. The monoisotopic (exact) mass is 235 g/mol. The molecule has 0 spiro atoms. The maximum Gasteiger partial charge on any atom is 0.176 e. The Balaban J connectivity index is 1.92. The first kappa shape index (κ1) is 11.9. The van der Waals surface area contributed by atoms with Crippen molar-refractivity contribution in [2.45, 2.75) is 31.7 Å². The molecule has 1 aliphatic carbocycles. The summed E-state index contributed by atoms with van der Waals surface area (Å²) < 4.78 is 0. The third-order valence-electron chi connectivity index (χ3n) is 3.20. The van der Waals surface area contributed by atoms with E-state index in [4.69, 9.17) is 5.11 Å². The van der Waals surface area contributed by atoms with Crippen LogP contribution in [0.4, 0.5) is 0 Å². The second-order valence-electron chi connectivity index (χ2n) is 4.49. The molecule has 1 aromatic carbocycles. The average Bonchev–Trinajstić information content (AvgIpc) is 2.82. The summed E-state index contributed by atoms with van der Waals surface area (Å²) in [5.41, 5.74) is 0.422. The highest BCUT2D eigenvalue weighted by Gasteiger charge is 2.16. The van der Waals surface area contributed by atoms with Crippen LogP contribution in [-0.2, 0) is 0 Å². The lowest BCUT2D eigenvalue weighted by Crippen LogP contribution is -2.31. The Bertz CT molecular complexity index is 411. The number of phenols is 2. The summed E-state index contributed by atoms with van der Waals surface area (Å²) >= 11 is 0.